The van der Waals surface area contributed by atoms with Crippen molar-refractivity contribution in [3.63, 3.8) is 0 Å². The molecule has 0 aromatic carbocycles. The van der Waals surface area contributed by atoms with E-state index in [0.717, 1.165) is 18.8 Å². The average Bonchev–Trinajstić information content (AvgIpc) is 2.08. The monoisotopic (exact) mass is 203 g/mol. The van der Waals surface area contributed by atoms with Crippen LogP contribution >= 0.6 is 11.8 Å². The second-order valence-corrected chi connectivity index (χ2v) is 4.53. The molecule has 1 fully saturated rings. The second-order valence-electron chi connectivity index (χ2n) is 3.62. The molecular formula is C9H17NO2S. The van der Waals surface area contributed by atoms with Crippen LogP contribution in [0.25, 0.3) is 0 Å². The molecule has 0 atom stereocenters. The van der Waals surface area contributed by atoms with Crippen LogP contribution in [0.1, 0.15) is 25.7 Å². The zero-order chi connectivity index (χ0) is 9.68. The largest absolute Gasteiger partial charge is 0.465 e. The number of hydrogen-bond acceptors (Lipinski definition) is 2. The van der Waals surface area contributed by atoms with Crippen molar-refractivity contribution < 1.29 is 9.90 Å². The number of carboxylic acid groups (broad SMARTS) is 1. The van der Waals surface area contributed by atoms with Crippen molar-refractivity contribution in [2.24, 2.45) is 5.92 Å². The van der Waals surface area contributed by atoms with Gasteiger partial charge in [0.2, 0.25) is 0 Å². The molecule has 3 nitrogen and oxygen atoms in total. The number of amides is 1. The fraction of sp³-hybridized carbons (Fsp3) is 0.889. The summed E-state index contributed by atoms with van der Waals surface area (Å²) in [5, 5.41) is 11.1. The molecule has 1 rings (SSSR count). The summed E-state index contributed by atoms with van der Waals surface area (Å²) in [6.07, 6.45) is 5.61. The van der Waals surface area contributed by atoms with Crippen molar-refractivity contribution in [2.75, 3.05) is 12.0 Å². The van der Waals surface area contributed by atoms with Gasteiger partial charge in [-0.05, 0) is 43.6 Å². The van der Waals surface area contributed by atoms with Gasteiger partial charge in [0.15, 0.2) is 0 Å². The summed E-state index contributed by atoms with van der Waals surface area (Å²) in [5.74, 6) is 2.03. The first-order valence-electron chi connectivity index (χ1n) is 4.70. The van der Waals surface area contributed by atoms with Crippen molar-refractivity contribution in [2.45, 2.75) is 31.7 Å². The molecule has 1 aliphatic carbocycles. The molecule has 76 valence electrons. The van der Waals surface area contributed by atoms with Crippen molar-refractivity contribution in [1.29, 1.82) is 0 Å². The lowest BCUT2D eigenvalue weighted by molar-refractivity contribution is 0.183. The van der Waals surface area contributed by atoms with E-state index in [2.05, 4.69) is 11.6 Å². The Kier molecular flexibility index (Phi) is 4.42. The predicted molar refractivity (Wildman–Crippen MR) is 55.3 cm³/mol. The number of thioether (sulfide) groups is 1. The fourth-order valence-corrected chi connectivity index (χ4v) is 2.69. The molecule has 1 aliphatic rings. The third-order valence-electron chi connectivity index (χ3n) is 2.58. The standard InChI is InChI=1S/C9H17NO2S/c1-13-6-7-2-4-8(5-3-7)10-9(11)12/h7-8,10H,2-6H2,1H3,(H,11,12). The zero-order valence-electron chi connectivity index (χ0n) is 7.95. The van der Waals surface area contributed by atoms with Crippen molar-refractivity contribution in [3.8, 4) is 0 Å². The number of rotatable bonds is 3. The normalized spacial score (nSPS) is 28.4. The van der Waals surface area contributed by atoms with Crippen molar-refractivity contribution in [1.82, 2.24) is 5.32 Å². The van der Waals surface area contributed by atoms with E-state index in [0.29, 0.717) is 0 Å². The molecular weight excluding hydrogens is 186 g/mol. The molecule has 0 aromatic heterocycles. The fourth-order valence-electron chi connectivity index (χ4n) is 1.88. The molecule has 0 unspecified atom stereocenters. The van der Waals surface area contributed by atoms with Crippen LogP contribution in [0.2, 0.25) is 0 Å². The van der Waals surface area contributed by atoms with Crippen LogP contribution in [0, 0.1) is 5.92 Å². The Balaban J connectivity index is 2.18. The maximum atomic E-state index is 10.4. The first-order valence-corrected chi connectivity index (χ1v) is 6.10. The number of hydrogen-bond donors (Lipinski definition) is 2. The van der Waals surface area contributed by atoms with Gasteiger partial charge >= 0.3 is 6.09 Å². The predicted octanol–water partition coefficient (Wildman–Crippen LogP) is 2.18. The quantitative estimate of drug-likeness (QED) is 0.739. The van der Waals surface area contributed by atoms with Gasteiger partial charge in [-0.3, -0.25) is 0 Å². The summed E-state index contributed by atoms with van der Waals surface area (Å²) >= 11 is 1.89. The van der Waals surface area contributed by atoms with E-state index in [1.165, 1.54) is 18.6 Å². The highest BCUT2D eigenvalue weighted by atomic mass is 32.2. The van der Waals surface area contributed by atoms with E-state index < -0.39 is 6.09 Å². The Bertz CT molecular complexity index is 167. The van der Waals surface area contributed by atoms with Crippen molar-refractivity contribution in [3.05, 3.63) is 0 Å². The maximum absolute atomic E-state index is 10.4. The molecule has 0 heterocycles. The van der Waals surface area contributed by atoms with Gasteiger partial charge in [0.25, 0.3) is 0 Å². The van der Waals surface area contributed by atoms with Crippen LogP contribution in [-0.2, 0) is 0 Å². The lowest BCUT2D eigenvalue weighted by Crippen LogP contribution is -2.36. The summed E-state index contributed by atoms with van der Waals surface area (Å²) in [6, 6.07) is 0.204. The minimum atomic E-state index is -0.881. The molecule has 0 radical (unpaired) electrons. The smallest absolute Gasteiger partial charge is 0.404 e. The number of carbonyl (C=O) groups is 1. The Hall–Kier alpha value is -0.380. The van der Waals surface area contributed by atoms with Gasteiger partial charge in [0, 0.05) is 6.04 Å². The topological polar surface area (TPSA) is 49.3 Å². The highest BCUT2D eigenvalue weighted by molar-refractivity contribution is 7.98. The van der Waals surface area contributed by atoms with Gasteiger partial charge in [-0.15, -0.1) is 0 Å². The summed E-state index contributed by atoms with van der Waals surface area (Å²) in [6.45, 7) is 0. The first-order chi connectivity index (χ1) is 6.22. The maximum Gasteiger partial charge on any atom is 0.404 e. The molecule has 4 heteroatoms. The lowest BCUT2D eigenvalue weighted by Gasteiger charge is -2.27. The third-order valence-corrected chi connectivity index (χ3v) is 3.38. The minimum absolute atomic E-state index is 0.204. The SMILES string of the molecule is CSCC1CCC(NC(=O)O)CC1. The van der Waals surface area contributed by atoms with E-state index in [4.69, 9.17) is 5.11 Å². The van der Waals surface area contributed by atoms with Crippen molar-refractivity contribution >= 4 is 17.9 Å². The van der Waals surface area contributed by atoms with Crippen LogP contribution in [0.5, 0.6) is 0 Å². The van der Waals surface area contributed by atoms with E-state index in [1.807, 2.05) is 11.8 Å². The van der Waals surface area contributed by atoms with Gasteiger partial charge in [0.05, 0.1) is 0 Å². The van der Waals surface area contributed by atoms with E-state index >= 15 is 0 Å². The van der Waals surface area contributed by atoms with Crippen LogP contribution in [0.15, 0.2) is 0 Å². The van der Waals surface area contributed by atoms with Crippen LogP contribution in [0.3, 0.4) is 0 Å². The molecule has 2 N–H and O–H groups in total. The Morgan fingerprint density at radius 2 is 2.08 bits per heavy atom. The van der Waals surface area contributed by atoms with Gasteiger partial charge < -0.3 is 10.4 Å². The Morgan fingerprint density at radius 3 is 2.54 bits per heavy atom. The van der Waals surface area contributed by atoms with Crippen LogP contribution < -0.4 is 5.32 Å². The minimum Gasteiger partial charge on any atom is -0.465 e. The number of nitrogens with one attached hydrogen (secondary N) is 1. The molecule has 13 heavy (non-hydrogen) atoms. The second kappa shape index (κ2) is 5.37. The van der Waals surface area contributed by atoms with Gasteiger partial charge in [-0.25, -0.2) is 4.79 Å². The summed E-state index contributed by atoms with van der Waals surface area (Å²) in [4.78, 5) is 10.4. The first kappa shape index (κ1) is 10.7. The Morgan fingerprint density at radius 1 is 1.46 bits per heavy atom. The van der Waals surface area contributed by atoms with E-state index in [-0.39, 0.29) is 6.04 Å². The molecule has 1 saturated carbocycles. The van der Waals surface area contributed by atoms with Crippen LogP contribution in [-0.4, -0.2) is 29.3 Å². The third kappa shape index (κ3) is 3.89. The molecule has 0 bridgehead atoms. The van der Waals surface area contributed by atoms with Gasteiger partial charge in [-0.1, -0.05) is 0 Å². The highest BCUT2D eigenvalue weighted by Gasteiger charge is 2.21. The van der Waals surface area contributed by atoms with E-state index in [1.54, 1.807) is 0 Å². The summed E-state index contributed by atoms with van der Waals surface area (Å²) < 4.78 is 0. The average molecular weight is 203 g/mol. The summed E-state index contributed by atoms with van der Waals surface area (Å²) in [7, 11) is 0. The highest BCUT2D eigenvalue weighted by Crippen LogP contribution is 2.26. The molecule has 0 aromatic rings. The van der Waals surface area contributed by atoms with Gasteiger partial charge in [0.1, 0.15) is 0 Å². The lowest BCUT2D eigenvalue weighted by atomic mass is 9.87. The summed E-state index contributed by atoms with van der Waals surface area (Å²) in [5.41, 5.74) is 0. The van der Waals surface area contributed by atoms with E-state index in [9.17, 15) is 4.79 Å². The molecule has 0 saturated heterocycles. The van der Waals surface area contributed by atoms with Gasteiger partial charge in [-0.2, -0.15) is 11.8 Å². The molecule has 1 amide bonds. The Labute approximate surface area is 83.3 Å². The zero-order valence-corrected chi connectivity index (χ0v) is 8.77. The molecule has 0 aliphatic heterocycles. The molecule has 0 spiro atoms. The van der Waals surface area contributed by atoms with Crippen LogP contribution in [0.4, 0.5) is 4.79 Å².